The minimum Gasteiger partial charge on any atom is -0.314 e. The molecule has 1 aromatic rings. The lowest BCUT2D eigenvalue weighted by molar-refractivity contribution is 0.145. The third-order valence-electron chi connectivity index (χ3n) is 2.84. The van der Waals surface area contributed by atoms with Gasteiger partial charge in [-0.1, -0.05) is 0 Å². The number of alkyl halides is 2. The number of halogens is 2. The van der Waals surface area contributed by atoms with Gasteiger partial charge in [0.2, 0.25) is 0 Å². The van der Waals surface area contributed by atoms with E-state index in [0.29, 0.717) is 0 Å². The van der Waals surface area contributed by atoms with Gasteiger partial charge in [-0.15, -0.1) is 0 Å². The van der Waals surface area contributed by atoms with Crippen molar-refractivity contribution in [1.82, 2.24) is 20.2 Å². The summed E-state index contributed by atoms with van der Waals surface area (Å²) in [5.74, 6) is 0. The lowest BCUT2D eigenvalue weighted by Gasteiger charge is -2.26. The molecule has 1 saturated heterocycles. The lowest BCUT2D eigenvalue weighted by Crippen LogP contribution is -2.44. The van der Waals surface area contributed by atoms with Crippen LogP contribution < -0.4 is 5.32 Å². The molecule has 0 saturated carbocycles. The van der Waals surface area contributed by atoms with E-state index in [1.165, 1.54) is 6.20 Å². The Morgan fingerprint density at radius 2 is 2.00 bits per heavy atom. The van der Waals surface area contributed by atoms with Gasteiger partial charge in [-0.05, 0) is 0 Å². The summed E-state index contributed by atoms with van der Waals surface area (Å²) in [6.07, 6.45) is 0.836. The second-order valence-electron chi connectivity index (χ2n) is 4.07. The highest BCUT2D eigenvalue weighted by molar-refractivity contribution is 5.03. The molecule has 1 N–H and O–H groups in total. The first-order chi connectivity index (χ1) is 8.25. The average Bonchev–Trinajstić information content (AvgIpc) is 2.38. The van der Waals surface area contributed by atoms with E-state index >= 15 is 0 Å². The van der Waals surface area contributed by atoms with Crippen molar-refractivity contribution >= 4 is 0 Å². The number of hydrogen-bond acceptors (Lipinski definition) is 4. The fourth-order valence-corrected chi connectivity index (χ4v) is 1.81. The van der Waals surface area contributed by atoms with Gasteiger partial charge in [0, 0.05) is 45.3 Å². The zero-order valence-electron chi connectivity index (χ0n) is 9.57. The first-order valence-corrected chi connectivity index (χ1v) is 5.78. The van der Waals surface area contributed by atoms with Crippen molar-refractivity contribution in [2.45, 2.75) is 12.8 Å². The highest BCUT2D eigenvalue weighted by Crippen LogP contribution is 2.14. The number of piperazine rings is 1. The normalized spacial score (nSPS) is 17.6. The van der Waals surface area contributed by atoms with Crippen LogP contribution in [0.5, 0.6) is 0 Å². The predicted octanol–water partition coefficient (Wildman–Crippen LogP) is 0.862. The highest BCUT2D eigenvalue weighted by atomic mass is 19.3. The van der Waals surface area contributed by atoms with Gasteiger partial charge in [-0.25, -0.2) is 8.78 Å². The van der Waals surface area contributed by atoms with Gasteiger partial charge in [0.1, 0.15) is 5.69 Å². The summed E-state index contributed by atoms with van der Waals surface area (Å²) in [7, 11) is 0. The third-order valence-corrected chi connectivity index (χ3v) is 2.84. The average molecular weight is 242 g/mol. The van der Waals surface area contributed by atoms with Crippen molar-refractivity contribution in [2.24, 2.45) is 0 Å². The second kappa shape index (κ2) is 5.97. The number of nitrogens with one attached hydrogen (secondary N) is 1. The van der Waals surface area contributed by atoms with E-state index in [2.05, 4.69) is 20.2 Å². The minimum absolute atomic E-state index is 0.254. The number of nitrogens with zero attached hydrogens (tertiary/aromatic N) is 3. The molecule has 4 nitrogen and oxygen atoms in total. The van der Waals surface area contributed by atoms with Crippen LogP contribution in [-0.4, -0.2) is 47.6 Å². The van der Waals surface area contributed by atoms with E-state index < -0.39 is 6.43 Å². The first kappa shape index (κ1) is 12.3. The Labute approximate surface area is 99.1 Å². The number of aromatic nitrogens is 2. The first-order valence-electron chi connectivity index (χ1n) is 5.78. The highest BCUT2D eigenvalue weighted by Gasteiger charge is 2.11. The van der Waals surface area contributed by atoms with Crippen LogP contribution in [0.4, 0.5) is 8.78 Å². The second-order valence-corrected chi connectivity index (χ2v) is 4.07. The van der Waals surface area contributed by atoms with E-state index in [9.17, 15) is 8.78 Å². The zero-order valence-corrected chi connectivity index (χ0v) is 9.57. The monoisotopic (exact) mass is 242 g/mol. The fraction of sp³-hybridized carbons (Fsp3) is 0.636. The Bertz CT molecular complexity index is 336. The molecule has 0 atom stereocenters. The maximum absolute atomic E-state index is 12.3. The summed E-state index contributed by atoms with van der Waals surface area (Å²) in [5.41, 5.74) is 0.517. The van der Waals surface area contributed by atoms with Gasteiger partial charge in [-0.2, -0.15) is 0 Å². The summed E-state index contributed by atoms with van der Waals surface area (Å²) in [4.78, 5) is 10.0. The maximum atomic E-state index is 12.3. The van der Waals surface area contributed by atoms with Gasteiger partial charge in [-0.3, -0.25) is 9.97 Å². The molecule has 1 aliphatic rings. The fourth-order valence-electron chi connectivity index (χ4n) is 1.81. The smallest absolute Gasteiger partial charge is 0.281 e. The van der Waals surface area contributed by atoms with Crippen molar-refractivity contribution in [2.75, 3.05) is 32.7 Å². The molecule has 0 radical (unpaired) electrons. The molecule has 6 heteroatoms. The topological polar surface area (TPSA) is 41.1 Å². The number of rotatable bonds is 4. The molecule has 17 heavy (non-hydrogen) atoms. The summed E-state index contributed by atoms with van der Waals surface area (Å²) in [5, 5.41) is 3.28. The third kappa shape index (κ3) is 3.67. The molecule has 1 aliphatic heterocycles. The number of hydrogen-bond donors (Lipinski definition) is 1. The molecular formula is C11H16F2N4. The molecular weight excluding hydrogens is 226 g/mol. The van der Waals surface area contributed by atoms with Crippen molar-refractivity contribution in [1.29, 1.82) is 0 Å². The molecule has 0 spiro atoms. The van der Waals surface area contributed by atoms with E-state index in [1.807, 2.05) is 0 Å². The quantitative estimate of drug-likeness (QED) is 0.850. The van der Waals surface area contributed by atoms with Crippen LogP contribution in [-0.2, 0) is 6.42 Å². The van der Waals surface area contributed by atoms with Crippen LogP contribution in [0.25, 0.3) is 0 Å². The van der Waals surface area contributed by atoms with E-state index in [4.69, 9.17) is 0 Å². The summed E-state index contributed by atoms with van der Waals surface area (Å²) >= 11 is 0. The Morgan fingerprint density at radius 3 is 2.59 bits per heavy atom. The Hall–Kier alpha value is -1.14. The molecule has 2 rings (SSSR count). The summed E-state index contributed by atoms with van der Waals surface area (Å²) in [6.45, 7) is 4.99. The molecule has 2 heterocycles. The van der Waals surface area contributed by atoms with Gasteiger partial charge >= 0.3 is 0 Å². The SMILES string of the molecule is FC(F)c1cnc(CCN2CCNCC2)cn1. The van der Waals surface area contributed by atoms with E-state index in [0.717, 1.165) is 51.0 Å². The molecule has 1 aromatic heterocycles. The van der Waals surface area contributed by atoms with Crippen LogP contribution in [0.2, 0.25) is 0 Å². The van der Waals surface area contributed by atoms with Crippen molar-refractivity contribution < 1.29 is 8.78 Å². The zero-order chi connectivity index (χ0) is 12.1. The molecule has 1 fully saturated rings. The van der Waals surface area contributed by atoms with E-state index in [-0.39, 0.29) is 5.69 Å². The summed E-state index contributed by atoms with van der Waals surface area (Å²) < 4.78 is 24.5. The lowest BCUT2D eigenvalue weighted by atomic mass is 10.2. The Balaban J connectivity index is 1.82. The van der Waals surface area contributed by atoms with Crippen LogP contribution >= 0.6 is 0 Å². The molecule has 0 unspecified atom stereocenters. The standard InChI is InChI=1S/C11H16F2N4/c12-11(13)10-8-15-9(7-16-10)1-4-17-5-2-14-3-6-17/h7-8,11,14H,1-6H2. The largest absolute Gasteiger partial charge is 0.314 e. The van der Waals surface area contributed by atoms with Crippen LogP contribution in [0.3, 0.4) is 0 Å². The van der Waals surface area contributed by atoms with Crippen molar-refractivity contribution in [3.63, 3.8) is 0 Å². The predicted molar refractivity (Wildman–Crippen MR) is 60.0 cm³/mol. The Morgan fingerprint density at radius 1 is 1.24 bits per heavy atom. The van der Waals surface area contributed by atoms with Gasteiger partial charge < -0.3 is 10.2 Å². The molecule has 0 bridgehead atoms. The van der Waals surface area contributed by atoms with Gasteiger partial charge in [0.15, 0.2) is 0 Å². The van der Waals surface area contributed by atoms with Crippen LogP contribution in [0, 0.1) is 0 Å². The minimum atomic E-state index is -2.54. The summed E-state index contributed by atoms with van der Waals surface area (Å²) in [6, 6.07) is 0. The Kier molecular flexibility index (Phi) is 4.33. The van der Waals surface area contributed by atoms with Crippen LogP contribution in [0.1, 0.15) is 17.8 Å². The van der Waals surface area contributed by atoms with Crippen molar-refractivity contribution in [3.05, 3.63) is 23.8 Å². The van der Waals surface area contributed by atoms with E-state index in [1.54, 1.807) is 0 Å². The molecule has 0 aromatic carbocycles. The van der Waals surface area contributed by atoms with Crippen LogP contribution in [0.15, 0.2) is 12.4 Å². The molecule has 0 amide bonds. The molecule has 94 valence electrons. The van der Waals surface area contributed by atoms with Gasteiger partial charge in [0.25, 0.3) is 6.43 Å². The van der Waals surface area contributed by atoms with Gasteiger partial charge in [0.05, 0.1) is 11.9 Å². The molecule has 0 aliphatic carbocycles. The van der Waals surface area contributed by atoms with Crippen molar-refractivity contribution in [3.8, 4) is 0 Å². The maximum Gasteiger partial charge on any atom is 0.281 e.